The van der Waals surface area contributed by atoms with E-state index in [4.69, 9.17) is 0 Å². The van der Waals surface area contributed by atoms with Crippen LogP contribution in [-0.2, 0) is 11.2 Å². The highest BCUT2D eigenvalue weighted by atomic mass is 16.2. The van der Waals surface area contributed by atoms with Crippen molar-refractivity contribution in [3.05, 3.63) is 131 Å². The Morgan fingerprint density at radius 2 is 1.46 bits per heavy atom. The van der Waals surface area contributed by atoms with Gasteiger partial charge in [0.15, 0.2) is 0 Å². The molecule has 1 saturated heterocycles. The largest absolute Gasteiger partial charge is 0.351 e. The fraction of sp³-hybridized carbons (Fsp3) is 0.293. The second-order valence-electron chi connectivity index (χ2n) is 13.3. The SMILES string of the molecule is O=C(NCCN1CCCC1)C1=CC2(CC1)CCN(C(=O)c1ccc(NC(=O)c3ccccc3-c3ccccc3)cc1)c1ccccc1C2. The van der Waals surface area contributed by atoms with E-state index in [0.717, 1.165) is 73.3 Å². The lowest BCUT2D eigenvalue weighted by Crippen LogP contribution is -2.34. The van der Waals surface area contributed by atoms with Crippen LogP contribution >= 0.6 is 0 Å². The van der Waals surface area contributed by atoms with Crippen molar-refractivity contribution in [3.63, 3.8) is 0 Å². The fourth-order valence-electron chi connectivity index (χ4n) is 7.52. The smallest absolute Gasteiger partial charge is 0.258 e. The number of nitrogens with zero attached hydrogens (tertiary/aromatic N) is 2. The summed E-state index contributed by atoms with van der Waals surface area (Å²) in [7, 11) is 0. The first-order valence-electron chi connectivity index (χ1n) is 17.2. The minimum Gasteiger partial charge on any atom is -0.351 e. The van der Waals surface area contributed by atoms with E-state index in [2.05, 4.69) is 27.7 Å². The maximum Gasteiger partial charge on any atom is 0.258 e. The third-order valence-electron chi connectivity index (χ3n) is 10.1. The van der Waals surface area contributed by atoms with Crippen LogP contribution in [-0.4, -0.2) is 55.3 Å². The minimum absolute atomic E-state index is 0.0484. The molecule has 2 N–H and O–H groups in total. The van der Waals surface area contributed by atoms with Crippen molar-refractivity contribution < 1.29 is 14.4 Å². The maximum atomic E-state index is 14.0. The van der Waals surface area contributed by atoms with Crippen molar-refractivity contribution in [1.82, 2.24) is 10.2 Å². The molecule has 1 atom stereocenters. The third kappa shape index (κ3) is 6.83. The third-order valence-corrected chi connectivity index (χ3v) is 10.1. The van der Waals surface area contributed by atoms with Gasteiger partial charge in [0.05, 0.1) is 0 Å². The number of likely N-dealkylation sites (tertiary alicyclic amines) is 1. The number of benzene rings is 4. The standard InChI is InChI=1S/C41H42N4O3/c46-38(42-23-27-44-24-8-9-25-44)33-20-21-41(29-33)22-26-45(37-15-7-4-12-32(37)28-41)40(48)31-16-18-34(19-17-31)43-39(47)36-14-6-5-13-35(36)30-10-2-1-3-11-30/h1-7,10-19,29H,8-9,20-28H2,(H,42,46)(H,43,47). The number of para-hydroxylation sites is 1. The molecule has 2 aliphatic heterocycles. The second kappa shape index (κ2) is 14.0. The van der Waals surface area contributed by atoms with Gasteiger partial charge < -0.3 is 20.4 Å². The van der Waals surface area contributed by atoms with Gasteiger partial charge in [0.25, 0.3) is 11.8 Å². The van der Waals surface area contributed by atoms with Gasteiger partial charge in [-0.1, -0.05) is 72.8 Å². The molecule has 7 nitrogen and oxygen atoms in total. The lowest BCUT2D eigenvalue weighted by atomic mass is 9.79. The lowest BCUT2D eigenvalue weighted by Gasteiger charge is -2.26. The first-order chi connectivity index (χ1) is 23.5. The summed E-state index contributed by atoms with van der Waals surface area (Å²) in [6, 6.07) is 32.7. The highest BCUT2D eigenvalue weighted by Gasteiger charge is 2.39. The number of fused-ring (bicyclic) bond motifs is 1. The average Bonchev–Trinajstić information content (AvgIpc) is 3.77. The van der Waals surface area contributed by atoms with E-state index < -0.39 is 0 Å². The number of carbonyl (C=O) groups is 3. The van der Waals surface area contributed by atoms with E-state index >= 15 is 0 Å². The number of carbonyl (C=O) groups excluding carboxylic acids is 3. The first kappa shape index (κ1) is 31.6. The van der Waals surface area contributed by atoms with Crippen LogP contribution in [0, 0.1) is 5.41 Å². The highest BCUT2D eigenvalue weighted by Crippen LogP contribution is 2.46. The van der Waals surface area contributed by atoms with Gasteiger partial charge in [-0.2, -0.15) is 0 Å². The molecule has 3 aliphatic rings. The Hall–Kier alpha value is -5.01. The van der Waals surface area contributed by atoms with Crippen LogP contribution in [0.1, 0.15) is 58.4 Å². The molecule has 1 spiro atoms. The zero-order valence-corrected chi connectivity index (χ0v) is 27.3. The van der Waals surface area contributed by atoms with E-state index in [1.807, 2.05) is 77.7 Å². The molecule has 1 unspecified atom stereocenters. The average molecular weight is 639 g/mol. The molecule has 4 aromatic carbocycles. The Morgan fingerprint density at radius 1 is 0.729 bits per heavy atom. The van der Waals surface area contributed by atoms with Crippen LogP contribution in [0.4, 0.5) is 11.4 Å². The number of hydrogen-bond donors (Lipinski definition) is 2. The summed E-state index contributed by atoms with van der Waals surface area (Å²) in [4.78, 5) is 44.8. The zero-order chi connectivity index (χ0) is 32.9. The molecule has 7 rings (SSSR count). The lowest BCUT2D eigenvalue weighted by molar-refractivity contribution is -0.117. The molecule has 48 heavy (non-hydrogen) atoms. The van der Waals surface area contributed by atoms with Gasteiger partial charge in [-0.15, -0.1) is 0 Å². The molecule has 0 aromatic heterocycles. The summed E-state index contributed by atoms with van der Waals surface area (Å²) < 4.78 is 0. The van der Waals surface area contributed by atoms with Gasteiger partial charge in [0, 0.05) is 47.7 Å². The van der Waals surface area contributed by atoms with E-state index in [1.54, 1.807) is 24.3 Å². The molecule has 3 amide bonds. The summed E-state index contributed by atoms with van der Waals surface area (Å²) in [6.07, 6.45) is 7.94. The Labute approximate surface area is 282 Å². The number of nitrogens with one attached hydrogen (secondary N) is 2. The number of anilines is 2. The van der Waals surface area contributed by atoms with Crippen molar-refractivity contribution >= 4 is 29.1 Å². The van der Waals surface area contributed by atoms with Crippen molar-refractivity contribution in [2.75, 3.05) is 42.9 Å². The van der Waals surface area contributed by atoms with E-state index in [-0.39, 0.29) is 23.1 Å². The molecular formula is C41H42N4O3. The molecular weight excluding hydrogens is 596 g/mol. The topological polar surface area (TPSA) is 81.8 Å². The van der Waals surface area contributed by atoms with Gasteiger partial charge in [-0.3, -0.25) is 14.4 Å². The summed E-state index contributed by atoms with van der Waals surface area (Å²) in [5.74, 6) is -0.231. The molecule has 7 heteroatoms. The summed E-state index contributed by atoms with van der Waals surface area (Å²) in [5, 5.41) is 6.16. The second-order valence-corrected chi connectivity index (χ2v) is 13.3. The summed E-state index contributed by atoms with van der Waals surface area (Å²) in [6.45, 7) is 4.40. The van der Waals surface area contributed by atoms with Crippen molar-refractivity contribution in [2.24, 2.45) is 5.41 Å². The predicted molar refractivity (Wildman–Crippen MR) is 191 cm³/mol. The van der Waals surface area contributed by atoms with Crippen LogP contribution < -0.4 is 15.5 Å². The zero-order valence-electron chi connectivity index (χ0n) is 27.3. The monoisotopic (exact) mass is 638 g/mol. The van der Waals surface area contributed by atoms with Crippen molar-refractivity contribution in [3.8, 4) is 11.1 Å². The van der Waals surface area contributed by atoms with Gasteiger partial charge in [0.2, 0.25) is 5.91 Å². The maximum absolute atomic E-state index is 14.0. The van der Waals surface area contributed by atoms with Gasteiger partial charge in [0.1, 0.15) is 0 Å². The molecule has 1 fully saturated rings. The fourth-order valence-corrected chi connectivity index (χ4v) is 7.52. The molecule has 0 bridgehead atoms. The number of hydrogen-bond acceptors (Lipinski definition) is 4. The number of rotatable bonds is 8. The summed E-state index contributed by atoms with van der Waals surface area (Å²) in [5.41, 5.74) is 6.37. The molecule has 0 radical (unpaired) electrons. The molecule has 2 heterocycles. The van der Waals surface area contributed by atoms with Crippen LogP contribution in [0.5, 0.6) is 0 Å². The van der Waals surface area contributed by atoms with Crippen LogP contribution in [0.25, 0.3) is 11.1 Å². The molecule has 0 saturated carbocycles. The van der Waals surface area contributed by atoms with E-state index in [1.165, 1.54) is 12.8 Å². The van der Waals surface area contributed by atoms with Crippen LogP contribution in [0.3, 0.4) is 0 Å². The van der Waals surface area contributed by atoms with Crippen LogP contribution in [0.2, 0.25) is 0 Å². The normalized spacial score (nSPS) is 19.0. The molecule has 1 aliphatic carbocycles. The van der Waals surface area contributed by atoms with Gasteiger partial charge >= 0.3 is 0 Å². The van der Waals surface area contributed by atoms with Gasteiger partial charge in [-0.25, -0.2) is 0 Å². The first-order valence-corrected chi connectivity index (χ1v) is 17.2. The predicted octanol–water partition coefficient (Wildman–Crippen LogP) is 7.12. The Morgan fingerprint density at radius 3 is 2.27 bits per heavy atom. The van der Waals surface area contributed by atoms with Crippen molar-refractivity contribution in [2.45, 2.75) is 38.5 Å². The Balaban J connectivity index is 1.03. The quantitative estimate of drug-likeness (QED) is 0.215. The number of amides is 3. The van der Waals surface area contributed by atoms with Crippen molar-refractivity contribution in [1.29, 1.82) is 0 Å². The molecule has 4 aromatic rings. The Kier molecular flexibility index (Phi) is 9.21. The van der Waals surface area contributed by atoms with E-state index in [9.17, 15) is 14.4 Å². The minimum atomic E-state index is -0.204. The number of allylic oxidation sites excluding steroid dienone is 1. The van der Waals surface area contributed by atoms with E-state index in [0.29, 0.717) is 29.9 Å². The van der Waals surface area contributed by atoms with Gasteiger partial charge in [-0.05, 0) is 110 Å². The Bertz CT molecular complexity index is 1830. The summed E-state index contributed by atoms with van der Waals surface area (Å²) >= 11 is 0. The highest BCUT2D eigenvalue weighted by molar-refractivity contribution is 6.10. The van der Waals surface area contributed by atoms with Crippen LogP contribution in [0.15, 0.2) is 115 Å². The molecule has 244 valence electrons.